The molecule has 2 aromatic carbocycles. The third-order valence-corrected chi connectivity index (χ3v) is 2.68. The van der Waals surface area contributed by atoms with Gasteiger partial charge in [0.25, 0.3) is 0 Å². The van der Waals surface area contributed by atoms with E-state index >= 15 is 0 Å². The first kappa shape index (κ1) is 12.6. The Hall–Kier alpha value is -1.84. The predicted octanol–water partition coefficient (Wildman–Crippen LogP) is 2.59. The summed E-state index contributed by atoms with van der Waals surface area (Å²) < 4.78 is 5.67. The molecule has 94 valence electrons. The minimum atomic E-state index is 0.669. The third-order valence-electron chi connectivity index (χ3n) is 2.68. The molecular weight excluding hydrogens is 224 g/mol. The van der Waals surface area contributed by atoms with E-state index in [9.17, 15) is 0 Å². The standard InChI is InChI=1S/C15H18N2O/c16-17-10-5-11-18-15-9-4-8-14(12-15)13-6-2-1-3-7-13/h1-4,6-9,12,17H,5,10-11,16H2. The highest BCUT2D eigenvalue weighted by Gasteiger charge is 1.99. The van der Waals surface area contributed by atoms with E-state index in [1.807, 2.05) is 30.3 Å². The van der Waals surface area contributed by atoms with Crippen LogP contribution in [0.1, 0.15) is 6.42 Å². The lowest BCUT2D eigenvalue weighted by atomic mass is 10.1. The van der Waals surface area contributed by atoms with Crippen molar-refractivity contribution in [1.82, 2.24) is 5.43 Å². The number of hydrogen-bond acceptors (Lipinski definition) is 3. The molecule has 0 heterocycles. The van der Waals surface area contributed by atoms with Crippen LogP contribution in [0.3, 0.4) is 0 Å². The van der Waals surface area contributed by atoms with Gasteiger partial charge in [-0.1, -0.05) is 42.5 Å². The summed E-state index contributed by atoms with van der Waals surface area (Å²) in [7, 11) is 0. The van der Waals surface area contributed by atoms with Gasteiger partial charge in [-0.3, -0.25) is 11.3 Å². The van der Waals surface area contributed by atoms with Crippen molar-refractivity contribution in [2.75, 3.05) is 13.2 Å². The van der Waals surface area contributed by atoms with Crippen LogP contribution in [0, 0.1) is 0 Å². The first-order valence-electron chi connectivity index (χ1n) is 6.12. The Morgan fingerprint density at radius 3 is 2.50 bits per heavy atom. The minimum Gasteiger partial charge on any atom is -0.494 e. The first-order chi connectivity index (χ1) is 8.90. The molecule has 0 radical (unpaired) electrons. The number of benzene rings is 2. The fraction of sp³-hybridized carbons (Fsp3) is 0.200. The van der Waals surface area contributed by atoms with Gasteiger partial charge in [-0.2, -0.15) is 0 Å². The molecule has 0 aliphatic heterocycles. The van der Waals surface area contributed by atoms with Crippen LogP contribution in [0.4, 0.5) is 0 Å². The lowest BCUT2D eigenvalue weighted by Crippen LogP contribution is -2.24. The quantitative estimate of drug-likeness (QED) is 0.465. The molecule has 0 spiro atoms. The fourth-order valence-corrected chi connectivity index (χ4v) is 1.76. The molecule has 0 atom stereocenters. The van der Waals surface area contributed by atoms with E-state index in [0.29, 0.717) is 6.61 Å². The zero-order valence-electron chi connectivity index (χ0n) is 10.3. The Morgan fingerprint density at radius 2 is 1.72 bits per heavy atom. The predicted molar refractivity (Wildman–Crippen MR) is 74.2 cm³/mol. The highest BCUT2D eigenvalue weighted by molar-refractivity contribution is 5.64. The van der Waals surface area contributed by atoms with Gasteiger partial charge in [-0.15, -0.1) is 0 Å². The highest BCUT2D eigenvalue weighted by Crippen LogP contribution is 2.23. The zero-order valence-corrected chi connectivity index (χ0v) is 10.3. The van der Waals surface area contributed by atoms with Crippen LogP contribution in [0.25, 0.3) is 11.1 Å². The van der Waals surface area contributed by atoms with Gasteiger partial charge in [0.2, 0.25) is 0 Å². The summed E-state index contributed by atoms with van der Waals surface area (Å²) in [6, 6.07) is 18.4. The van der Waals surface area contributed by atoms with E-state index in [0.717, 1.165) is 18.7 Å². The second-order valence-corrected chi connectivity index (χ2v) is 4.05. The molecule has 0 saturated heterocycles. The van der Waals surface area contributed by atoms with E-state index in [1.54, 1.807) is 0 Å². The Bertz CT molecular complexity index is 471. The van der Waals surface area contributed by atoms with Gasteiger partial charge in [0, 0.05) is 6.54 Å². The monoisotopic (exact) mass is 242 g/mol. The van der Waals surface area contributed by atoms with Crippen molar-refractivity contribution in [3.8, 4) is 16.9 Å². The molecular formula is C15H18N2O. The van der Waals surface area contributed by atoms with Gasteiger partial charge < -0.3 is 4.74 Å². The Kier molecular flexibility index (Phi) is 4.76. The van der Waals surface area contributed by atoms with Crippen LogP contribution in [0.2, 0.25) is 0 Å². The molecule has 0 bridgehead atoms. The van der Waals surface area contributed by atoms with Crippen LogP contribution in [0.15, 0.2) is 54.6 Å². The van der Waals surface area contributed by atoms with Crippen LogP contribution >= 0.6 is 0 Å². The van der Waals surface area contributed by atoms with Crippen LogP contribution in [-0.2, 0) is 0 Å². The largest absolute Gasteiger partial charge is 0.494 e. The van der Waals surface area contributed by atoms with Crippen molar-refractivity contribution in [2.45, 2.75) is 6.42 Å². The maximum atomic E-state index is 5.67. The Labute approximate surface area is 108 Å². The summed E-state index contributed by atoms with van der Waals surface area (Å²) in [5, 5.41) is 0. The minimum absolute atomic E-state index is 0.669. The fourth-order valence-electron chi connectivity index (χ4n) is 1.76. The van der Waals surface area contributed by atoms with E-state index in [2.05, 4.69) is 29.7 Å². The normalized spacial score (nSPS) is 10.3. The summed E-state index contributed by atoms with van der Waals surface area (Å²) >= 11 is 0. The summed E-state index contributed by atoms with van der Waals surface area (Å²) in [4.78, 5) is 0. The molecule has 3 nitrogen and oxygen atoms in total. The van der Waals surface area contributed by atoms with E-state index < -0.39 is 0 Å². The van der Waals surface area contributed by atoms with Crippen LogP contribution in [-0.4, -0.2) is 13.2 Å². The van der Waals surface area contributed by atoms with Crippen molar-refractivity contribution < 1.29 is 4.74 Å². The summed E-state index contributed by atoms with van der Waals surface area (Å²) in [6.45, 7) is 1.43. The summed E-state index contributed by atoms with van der Waals surface area (Å²) in [5.74, 6) is 6.10. The molecule has 0 aliphatic rings. The SMILES string of the molecule is NNCCCOc1cccc(-c2ccccc2)c1. The number of hydrazine groups is 1. The number of rotatable bonds is 6. The average Bonchev–Trinajstić information content (AvgIpc) is 2.45. The number of nitrogens with two attached hydrogens (primary N) is 1. The number of hydrogen-bond donors (Lipinski definition) is 2. The van der Waals surface area contributed by atoms with Crippen LogP contribution < -0.4 is 16.0 Å². The highest BCUT2D eigenvalue weighted by atomic mass is 16.5. The van der Waals surface area contributed by atoms with E-state index in [-0.39, 0.29) is 0 Å². The van der Waals surface area contributed by atoms with Crippen molar-refractivity contribution in [3.63, 3.8) is 0 Å². The first-order valence-corrected chi connectivity index (χ1v) is 6.12. The van der Waals surface area contributed by atoms with Crippen molar-refractivity contribution in [2.24, 2.45) is 5.84 Å². The summed E-state index contributed by atoms with van der Waals surface area (Å²) in [5.41, 5.74) is 4.98. The van der Waals surface area contributed by atoms with Crippen molar-refractivity contribution in [3.05, 3.63) is 54.6 Å². The van der Waals surface area contributed by atoms with Gasteiger partial charge in [-0.05, 0) is 29.7 Å². The van der Waals surface area contributed by atoms with E-state index in [4.69, 9.17) is 10.6 Å². The molecule has 0 aromatic heterocycles. The summed E-state index contributed by atoms with van der Waals surface area (Å²) in [6.07, 6.45) is 0.895. The smallest absolute Gasteiger partial charge is 0.119 e. The van der Waals surface area contributed by atoms with Crippen molar-refractivity contribution in [1.29, 1.82) is 0 Å². The second kappa shape index (κ2) is 6.79. The van der Waals surface area contributed by atoms with Gasteiger partial charge >= 0.3 is 0 Å². The Morgan fingerprint density at radius 1 is 0.944 bits per heavy atom. The number of ether oxygens (including phenoxy) is 1. The topological polar surface area (TPSA) is 47.3 Å². The van der Waals surface area contributed by atoms with Gasteiger partial charge in [0.1, 0.15) is 5.75 Å². The van der Waals surface area contributed by atoms with E-state index in [1.165, 1.54) is 11.1 Å². The molecule has 2 rings (SSSR count). The second-order valence-electron chi connectivity index (χ2n) is 4.05. The maximum absolute atomic E-state index is 5.67. The molecule has 3 heteroatoms. The lowest BCUT2D eigenvalue weighted by molar-refractivity contribution is 0.308. The molecule has 18 heavy (non-hydrogen) atoms. The maximum Gasteiger partial charge on any atom is 0.119 e. The van der Waals surface area contributed by atoms with Gasteiger partial charge in [0.15, 0.2) is 0 Å². The number of nitrogens with one attached hydrogen (secondary N) is 1. The molecule has 0 amide bonds. The third kappa shape index (κ3) is 3.58. The molecule has 0 saturated carbocycles. The molecule has 0 aliphatic carbocycles. The van der Waals surface area contributed by atoms with Gasteiger partial charge in [-0.25, -0.2) is 0 Å². The van der Waals surface area contributed by atoms with Crippen molar-refractivity contribution >= 4 is 0 Å². The Balaban J connectivity index is 2.02. The van der Waals surface area contributed by atoms with Crippen LogP contribution in [0.5, 0.6) is 5.75 Å². The molecule has 0 fully saturated rings. The zero-order chi connectivity index (χ0) is 12.6. The average molecular weight is 242 g/mol. The lowest BCUT2D eigenvalue weighted by Gasteiger charge is -2.08. The molecule has 0 unspecified atom stereocenters. The molecule has 3 N–H and O–H groups in total. The molecule has 2 aromatic rings. The van der Waals surface area contributed by atoms with Gasteiger partial charge in [0.05, 0.1) is 6.61 Å².